The summed E-state index contributed by atoms with van der Waals surface area (Å²) >= 11 is 1.42. The molecule has 1 aliphatic rings. The van der Waals surface area contributed by atoms with Crippen LogP contribution in [0.3, 0.4) is 0 Å². The first-order valence-corrected chi connectivity index (χ1v) is 9.58. The van der Waals surface area contributed by atoms with E-state index in [2.05, 4.69) is 5.32 Å². The average Bonchev–Trinajstić information content (AvgIpc) is 2.88. The Bertz CT molecular complexity index is 624. The van der Waals surface area contributed by atoms with Gasteiger partial charge in [-0.15, -0.1) is 11.8 Å². The summed E-state index contributed by atoms with van der Waals surface area (Å²) in [5.74, 6) is 0.00276. The molecule has 1 aromatic rings. The van der Waals surface area contributed by atoms with Crippen LogP contribution in [0.1, 0.15) is 38.6 Å². The molecule has 1 heterocycles. The fraction of sp³-hybridized carbons (Fsp3) is 0.556. The summed E-state index contributed by atoms with van der Waals surface area (Å²) in [5, 5.41) is 2.54. The highest BCUT2D eigenvalue weighted by Gasteiger charge is 2.34. The van der Waals surface area contributed by atoms with Crippen LogP contribution in [0.5, 0.6) is 0 Å². The molecule has 1 aliphatic heterocycles. The van der Waals surface area contributed by atoms with E-state index in [-0.39, 0.29) is 35.2 Å². The Morgan fingerprint density at radius 1 is 1.36 bits per heavy atom. The standard InChI is InChI=1S/C18H26FN3O2S/c1-12(2)20-18(24)21(13(3)4)9-10-22-16(23)11-25-17(22)14-7-5-6-8-15(14)19/h5-8,12-13,17H,9-11H2,1-4H3,(H,20,24)/t17-/m0/s1. The van der Waals surface area contributed by atoms with Crippen molar-refractivity contribution in [1.82, 2.24) is 15.1 Å². The number of carbonyl (C=O) groups excluding carboxylic acids is 2. The lowest BCUT2D eigenvalue weighted by Crippen LogP contribution is -2.49. The van der Waals surface area contributed by atoms with Crippen LogP contribution >= 0.6 is 11.8 Å². The topological polar surface area (TPSA) is 52.7 Å². The van der Waals surface area contributed by atoms with Gasteiger partial charge in [-0.1, -0.05) is 18.2 Å². The van der Waals surface area contributed by atoms with E-state index in [0.717, 1.165) is 0 Å². The van der Waals surface area contributed by atoms with Crippen molar-refractivity contribution in [3.8, 4) is 0 Å². The van der Waals surface area contributed by atoms with Crippen LogP contribution in [-0.4, -0.2) is 52.7 Å². The van der Waals surface area contributed by atoms with E-state index in [1.807, 2.05) is 27.7 Å². The van der Waals surface area contributed by atoms with Crippen molar-refractivity contribution in [3.05, 3.63) is 35.6 Å². The van der Waals surface area contributed by atoms with Gasteiger partial charge in [0.05, 0.1) is 5.75 Å². The van der Waals surface area contributed by atoms with Gasteiger partial charge in [0.2, 0.25) is 5.91 Å². The summed E-state index contributed by atoms with van der Waals surface area (Å²) in [4.78, 5) is 28.0. The molecule has 0 spiro atoms. The Labute approximate surface area is 152 Å². The van der Waals surface area contributed by atoms with Crippen molar-refractivity contribution < 1.29 is 14.0 Å². The average molecular weight is 367 g/mol. The number of amides is 3. The SMILES string of the molecule is CC(C)NC(=O)N(CCN1C(=O)CS[C@H]1c1ccccc1F)C(C)C. The van der Waals surface area contributed by atoms with Crippen LogP contribution in [-0.2, 0) is 4.79 Å². The van der Waals surface area contributed by atoms with Gasteiger partial charge in [-0.2, -0.15) is 0 Å². The van der Waals surface area contributed by atoms with Gasteiger partial charge in [-0.05, 0) is 33.8 Å². The number of halogens is 1. The number of urea groups is 1. The summed E-state index contributed by atoms with van der Waals surface area (Å²) in [6.45, 7) is 8.49. The molecule has 0 radical (unpaired) electrons. The molecular weight excluding hydrogens is 341 g/mol. The molecule has 0 aromatic heterocycles. The number of carbonyl (C=O) groups is 2. The summed E-state index contributed by atoms with van der Waals surface area (Å²) in [6.07, 6.45) is 0. The first-order valence-electron chi connectivity index (χ1n) is 8.54. The molecular formula is C18H26FN3O2S. The van der Waals surface area contributed by atoms with Gasteiger partial charge < -0.3 is 15.1 Å². The zero-order valence-electron chi connectivity index (χ0n) is 15.2. The first kappa shape index (κ1) is 19.6. The van der Waals surface area contributed by atoms with Crippen molar-refractivity contribution in [2.75, 3.05) is 18.8 Å². The van der Waals surface area contributed by atoms with E-state index in [0.29, 0.717) is 24.4 Å². The third kappa shape index (κ3) is 4.87. The second kappa shape index (κ2) is 8.56. The molecule has 138 valence electrons. The van der Waals surface area contributed by atoms with Crippen molar-refractivity contribution in [1.29, 1.82) is 0 Å². The molecule has 1 saturated heterocycles. The highest BCUT2D eigenvalue weighted by molar-refractivity contribution is 8.00. The second-order valence-electron chi connectivity index (χ2n) is 6.66. The fourth-order valence-corrected chi connectivity index (χ4v) is 4.01. The van der Waals surface area contributed by atoms with Gasteiger partial charge in [0.25, 0.3) is 0 Å². The Morgan fingerprint density at radius 2 is 2.04 bits per heavy atom. The number of hydrogen-bond donors (Lipinski definition) is 1. The van der Waals surface area contributed by atoms with Crippen LogP contribution in [0.4, 0.5) is 9.18 Å². The predicted molar refractivity (Wildman–Crippen MR) is 98.8 cm³/mol. The van der Waals surface area contributed by atoms with E-state index >= 15 is 0 Å². The third-order valence-electron chi connectivity index (χ3n) is 4.02. The smallest absolute Gasteiger partial charge is 0.317 e. The van der Waals surface area contributed by atoms with Crippen molar-refractivity contribution in [2.45, 2.75) is 45.2 Å². The minimum atomic E-state index is -0.337. The molecule has 25 heavy (non-hydrogen) atoms. The van der Waals surface area contributed by atoms with Crippen molar-refractivity contribution in [3.63, 3.8) is 0 Å². The zero-order chi connectivity index (χ0) is 18.6. The van der Waals surface area contributed by atoms with E-state index in [1.165, 1.54) is 17.8 Å². The predicted octanol–water partition coefficient (Wildman–Crippen LogP) is 3.23. The van der Waals surface area contributed by atoms with Crippen molar-refractivity contribution in [2.24, 2.45) is 0 Å². The number of rotatable bonds is 6. The molecule has 3 amide bonds. The molecule has 5 nitrogen and oxygen atoms in total. The Kier molecular flexibility index (Phi) is 6.70. The molecule has 2 rings (SSSR count). The van der Waals surface area contributed by atoms with E-state index in [4.69, 9.17) is 0 Å². The molecule has 0 bridgehead atoms. The summed E-state index contributed by atoms with van der Waals surface area (Å²) in [5.41, 5.74) is 0.515. The highest BCUT2D eigenvalue weighted by Crippen LogP contribution is 2.39. The zero-order valence-corrected chi connectivity index (χ0v) is 16.0. The van der Waals surface area contributed by atoms with E-state index in [1.54, 1.807) is 28.0 Å². The molecule has 1 fully saturated rings. The maximum absolute atomic E-state index is 14.1. The Morgan fingerprint density at radius 3 is 2.64 bits per heavy atom. The number of nitrogens with zero attached hydrogens (tertiary/aromatic N) is 2. The van der Waals surface area contributed by atoms with Crippen LogP contribution in [0.15, 0.2) is 24.3 Å². The van der Waals surface area contributed by atoms with E-state index in [9.17, 15) is 14.0 Å². The van der Waals surface area contributed by atoms with Gasteiger partial charge >= 0.3 is 6.03 Å². The highest BCUT2D eigenvalue weighted by atomic mass is 32.2. The molecule has 1 aromatic carbocycles. The van der Waals surface area contributed by atoms with Crippen molar-refractivity contribution >= 4 is 23.7 Å². The Balaban J connectivity index is 2.09. The van der Waals surface area contributed by atoms with Crippen LogP contribution in [0.2, 0.25) is 0 Å². The summed E-state index contributed by atoms with van der Waals surface area (Å²) in [6, 6.07) is 6.45. The molecule has 1 N–H and O–H groups in total. The fourth-order valence-electron chi connectivity index (χ4n) is 2.77. The van der Waals surface area contributed by atoms with Crippen LogP contribution in [0.25, 0.3) is 0 Å². The third-order valence-corrected chi connectivity index (χ3v) is 5.26. The molecule has 7 heteroatoms. The number of nitrogens with one attached hydrogen (secondary N) is 1. The largest absolute Gasteiger partial charge is 0.336 e. The maximum Gasteiger partial charge on any atom is 0.317 e. The molecule has 0 unspecified atom stereocenters. The monoisotopic (exact) mass is 367 g/mol. The van der Waals surface area contributed by atoms with E-state index < -0.39 is 0 Å². The molecule has 1 atom stereocenters. The van der Waals surface area contributed by atoms with Gasteiger partial charge in [0.1, 0.15) is 11.2 Å². The second-order valence-corrected chi connectivity index (χ2v) is 7.73. The van der Waals surface area contributed by atoms with Gasteiger partial charge in [-0.25, -0.2) is 9.18 Å². The minimum Gasteiger partial charge on any atom is -0.336 e. The van der Waals surface area contributed by atoms with Crippen LogP contribution in [0, 0.1) is 5.82 Å². The number of benzene rings is 1. The van der Waals surface area contributed by atoms with Gasteiger partial charge in [0.15, 0.2) is 0 Å². The summed E-state index contributed by atoms with van der Waals surface area (Å²) < 4.78 is 14.1. The lowest BCUT2D eigenvalue weighted by molar-refractivity contribution is -0.128. The Hall–Kier alpha value is -1.76. The minimum absolute atomic E-state index is 0.0102. The lowest BCUT2D eigenvalue weighted by Gasteiger charge is -2.31. The summed E-state index contributed by atoms with van der Waals surface area (Å²) in [7, 11) is 0. The quantitative estimate of drug-likeness (QED) is 0.840. The molecule has 0 aliphatic carbocycles. The first-order chi connectivity index (χ1) is 11.8. The molecule has 0 saturated carbocycles. The number of thioether (sulfide) groups is 1. The van der Waals surface area contributed by atoms with Gasteiger partial charge in [0, 0.05) is 30.7 Å². The van der Waals surface area contributed by atoms with Crippen LogP contribution < -0.4 is 5.32 Å². The van der Waals surface area contributed by atoms with Gasteiger partial charge in [-0.3, -0.25) is 4.79 Å². The normalized spacial score (nSPS) is 17.5. The lowest BCUT2D eigenvalue weighted by atomic mass is 10.2. The maximum atomic E-state index is 14.1. The number of hydrogen-bond acceptors (Lipinski definition) is 3.